The van der Waals surface area contributed by atoms with Crippen molar-refractivity contribution in [1.29, 1.82) is 0 Å². The van der Waals surface area contributed by atoms with Crippen molar-refractivity contribution in [2.45, 2.75) is 71.3 Å². The van der Waals surface area contributed by atoms with Gasteiger partial charge in [0, 0.05) is 19.1 Å². The van der Waals surface area contributed by atoms with E-state index in [-0.39, 0.29) is 0 Å². The van der Waals surface area contributed by atoms with Crippen molar-refractivity contribution in [3.63, 3.8) is 0 Å². The van der Waals surface area contributed by atoms with Crippen molar-refractivity contribution in [1.82, 2.24) is 9.62 Å². The van der Waals surface area contributed by atoms with E-state index in [2.05, 4.69) is 19.2 Å². The van der Waals surface area contributed by atoms with Crippen LogP contribution >= 0.6 is 0 Å². The molecule has 1 heterocycles. The molecule has 0 aromatic carbocycles. The van der Waals surface area contributed by atoms with Crippen molar-refractivity contribution in [3.8, 4) is 0 Å². The zero-order valence-corrected chi connectivity index (χ0v) is 14.6. The predicted octanol–water partition coefficient (Wildman–Crippen LogP) is 2.75. The topological polar surface area (TPSA) is 49.4 Å². The van der Waals surface area contributed by atoms with Gasteiger partial charge in [-0.05, 0) is 50.5 Å². The van der Waals surface area contributed by atoms with Crippen molar-refractivity contribution < 1.29 is 8.42 Å². The van der Waals surface area contributed by atoms with Crippen molar-refractivity contribution in [2.24, 2.45) is 5.41 Å². The molecule has 0 radical (unpaired) electrons. The lowest BCUT2D eigenvalue weighted by Gasteiger charge is -2.40. The van der Waals surface area contributed by atoms with Crippen LogP contribution in [-0.2, 0) is 10.0 Å². The minimum Gasteiger partial charge on any atom is -0.314 e. The van der Waals surface area contributed by atoms with Crippen LogP contribution in [0.5, 0.6) is 0 Å². The fourth-order valence-electron chi connectivity index (χ4n) is 3.33. The van der Waals surface area contributed by atoms with Gasteiger partial charge < -0.3 is 5.32 Å². The van der Waals surface area contributed by atoms with E-state index < -0.39 is 10.0 Å². The highest BCUT2D eigenvalue weighted by atomic mass is 32.2. The van der Waals surface area contributed by atoms with Crippen molar-refractivity contribution in [2.75, 3.05) is 25.4 Å². The Kier molecular flexibility index (Phi) is 6.09. The van der Waals surface area contributed by atoms with Crippen LogP contribution in [-0.4, -0.2) is 44.2 Å². The largest absolute Gasteiger partial charge is 0.314 e. The monoisotopic (exact) mass is 316 g/mol. The van der Waals surface area contributed by atoms with E-state index in [1.54, 1.807) is 4.31 Å². The van der Waals surface area contributed by atoms with Crippen LogP contribution in [0.3, 0.4) is 0 Å². The Morgan fingerprint density at radius 1 is 1.10 bits per heavy atom. The lowest BCUT2D eigenvalue weighted by Crippen LogP contribution is -2.43. The standard InChI is InChI=1S/C16H32N2O2S/c1-3-16(4-2)9-12-18(13-10-16)21(19,20)14-6-5-11-17-15-7-8-15/h15,17H,3-14H2,1-2H3. The van der Waals surface area contributed by atoms with E-state index >= 15 is 0 Å². The number of sulfonamides is 1. The van der Waals surface area contributed by atoms with Gasteiger partial charge in [0.2, 0.25) is 10.0 Å². The van der Waals surface area contributed by atoms with E-state index in [1.165, 1.54) is 25.7 Å². The molecule has 124 valence electrons. The highest BCUT2D eigenvalue weighted by Crippen LogP contribution is 2.38. The molecule has 21 heavy (non-hydrogen) atoms. The second kappa shape index (κ2) is 7.42. The number of nitrogens with one attached hydrogen (secondary N) is 1. The van der Waals surface area contributed by atoms with Gasteiger partial charge in [-0.25, -0.2) is 12.7 Å². The fraction of sp³-hybridized carbons (Fsp3) is 1.00. The third-order valence-electron chi connectivity index (χ3n) is 5.52. The summed E-state index contributed by atoms with van der Waals surface area (Å²) in [7, 11) is -3.03. The molecule has 1 saturated carbocycles. The Labute approximate surface area is 130 Å². The zero-order chi connectivity index (χ0) is 15.3. The normalized spacial score (nSPS) is 23.3. The van der Waals surface area contributed by atoms with Gasteiger partial charge >= 0.3 is 0 Å². The third kappa shape index (κ3) is 4.93. The molecule has 0 spiro atoms. The smallest absolute Gasteiger partial charge is 0.214 e. The molecule has 1 saturated heterocycles. The first-order valence-corrected chi connectivity index (χ1v) is 10.3. The van der Waals surface area contributed by atoms with Gasteiger partial charge in [0.15, 0.2) is 0 Å². The van der Waals surface area contributed by atoms with E-state index in [0.29, 0.717) is 11.2 Å². The van der Waals surface area contributed by atoms with E-state index in [4.69, 9.17) is 0 Å². The Morgan fingerprint density at radius 2 is 1.71 bits per heavy atom. The molecule has 1 N–H and O–H groups in total. The van der Waals surface area contributed by atoms with Gasteiger partial charge in [0.25, 0.3) is 0 Å². The number of unbranched alkanes of at least 4 members (excludes halogenated alkanes) is 1. The van der Waals surface area contributed by atoms with E-state index in [1.807, 2.05) is 0 Å². The first-order chi connectivity index (χ1) is 10.0. The SMILES string of the molecule is CCC1(CC)CCN(S(=O)(=O)CCCCNC2CC2)CC1. The second-order valence-electron chi connectivity index (χ2n) is 6.86. The van der Waals surface area contributed by atoms with Crippen LogP contribution in [0.25, 0.3) is 0 Å². The summed E-state index contributed by atoms with van der Waals surface area (Å²) in [6.07, 6.45) is 8.74. The first-order valence-electron chi connectivity index (χ1n) is 8.72. The fourth-order valence-corrected chi connectivity index (χ4v) is 4.89. The highest BCUT2D eigenvalue weighted by molar-refractivity contribution is 7.89. The highest BCUT2D eigenvalue weighted by Gasteiger charge is 2.35. The van der Waals surface area contributed by atoms with Crippen LogP contribution in [0.15, 0.2) is 0 Å². The van der Waals surface area contributed by atoms with Crippen LogP contribution in [0.2, 0.25) is 0 Å². The summed E-state index contributed by atoms with van der Waals surface area (Å²) in [6, 6.07) is 0.722. The summed E-state index contributed by atoms with van der Waals surface area (Å²) in [4.78, 5) is 0. The Balaban J connectivity index is 1.70. The molecular formula is C16H32N2O2S. The lowest BCUT2D eigenvalue weighted by atomic mass is 9.75. The summed E-state index contributed by atoms with van der Waals surface area (Å²) in [5, 5.41) is 3.44. The van der Waals surface area contributed by atoms with Gasteiger partial charge in [-0.3, -0.25) is 0 Å². The molecule has 0 aromatic heterocycles. The van der Waals surface area contributed by atoms with Gasteiger partial charge in [-0.2, -0.15) is 0 Å². The molecule has 2 rings (SSSR count). The molecule has 2 fully saturated rings. The van der Waals surface area contributed by atoms with Crippen LogP contribution in [0, 0.1) is 5.41 Å². The van der Waals surface area contributed by atoms with Gasteiger partial charge in [0.1, 0.15) is 0 Å². The average Bonchev–Trinajstić information content (AvgIpc) is 3.31. The molecule has 0 aromatic rings. The molecular weight excluding hydrogens is 284 g/mol. The number of nitrogens with zero attached hydrogens (tertiary/aromatic N) is 1. The minimum atomic E-state index is -3.03. The average molecular weight is 317 g/mol. The van der Waals surface area contributed by atoms with Gasteiger partial charge in [-0.15, -0.1) is 0 Å². The molecule has 0 atom stereocenters. The van der Waals surface area contributed by atoms with Crippen LogP contribution in [0.1, 0.15) is 65.2 Å². The van der Waals surface area contributed by atoms with Crippen LogP contribution < -0.4 is 5.32 Å². The van der Waals surface area contributed by atoms with E-state index in [9.17, 15) is 8.42 Å². The maximum absolute atomic E-state index is 12.4. The molecule has 0 unspecified atom stereocenters. The molecule has 4 nitrogen and oxygen atoms in total. The Morgan fingerprint density at radius 3 is 2.24 bits per heavy atom. The van der Waals surface area contributed by atoms with Gasteiger partial charge in [0.05, 0.1) is 5.75 Å². The van der Waals surface area contributed by atoms with Crippen molar-refractivity contribution in [3.05, 3.63) is 0 Å². The second-order valence-corrected chi connectivity index (χ2v) is 8.95. The molecule has 0 amide bonds. The Bertz CT molecular complexity index is 404. The van der Waals surface area contributed by atoms with Gasteiger partial charge in [-0.1, -0.05) is 26.7 Å². The maximum atomic E-state index is 12.4. The molecule has 5 heteroatoms. The third-order valence-corrected chi connectivity index (χ3v) is 7.47. The predicted molar refractivity (Wildman–Crippen MR) is 87.9 cm³/mol. The van der Waals surface area contributed by atoms with E-state index in [0.717, 1.165) is 51.4 Å². The number of rotatable bonds is 9. The first kappa shape index (κ1) is 17.2. The lowest BCUT2D eigenvalue weighted by molar-refractivity contribution is 0.141. The molecule has 1 aliphatic heterocycles. The maximum Gasteiger partial charge on any atom is 0.214 e. The quantitative estimate of drug-likeness (QED) is 0.665. The summed E-state index contributed by atoms with van der Waals surface area (Å²) >= 11 is 0. The zero-order valence-electron chi connectivity index (χ0n) is 13.7. The molecule has 2 aliphatic rings. The number of hydrogen-bond donors (Lipinski definition) is 1. The van der Waals surface area contributed by atoms with Crippen LogP contribution in [0.4, 0.5) is 0 Å². The summed E-state index contributed by atoms with van der Waals surface area (Å²) < 4.78 is 26.5. The number of hydrogen-bond acceptors (Lipinski definition) is 3. The molecule has 1 aliphatic carbocycles. The minimum absolute atomic E-state index is 0.324. The number of piperidine rings is 1. The summed E-state index contributed by atoms with van der Waals surface area (Å²) in [6.45, 7) is 6.89. The Hall–Kier alpha value is -0.130. The summed E-state index contributed by atoms with van der Waals surface area (Å²) in [5.41, 5.74) is 0.389. The van der Waals surface area contributed by atoms with Crippen molar-refractivity contribution >= 4 is 10.0 Å². The summed E-state index contributed by atoms with van der Waals surface area (Å²) in [5.74, 6) is 0.324. The molecule has 0 bridgehead atoms.